The fourth-order valence-electron chi connectivity index (χ4n) is 2.14. The van der Waals surface area contributed by atoms with Gasteiger partial charge in [-0.25, -0.2) is 8.42 Å². The predicted octanol–water partition coefficient (Wildman–Crippen LogP) is 2.47. The molecule has 18 heavy (non-hydrogen) atoms. The molecule has 4 heteroatoms. The summed E-state index contributed by atoms with van der Waals surface area (Å²) in [5.41, 5.74) is 2.45. The van der Waals surface area contributed by atoms with Gasteiger partial charge in [0, 0.05) is 17.8 Å². The van der Waals surface area contributed by atoms with Gasteiger partial charge in [-0.15, -0.1) is 0 Å². The average molecular weight is 269 g/mol. The predicted molar refractivity (Wildman–Crippen MR) is 76.5 cm³/mol. The van der Waals surface area contributed by atoms with Crippen molar-refractivity contribution in [2.75, 3.05) is 11.5 Å². The maximum Gasteiger partial charge on any atom is 0.151 e. The van der Waals surface area contributed by atoms with Crippen molar-refractivity contribution < 1.29 is 8.42 Å². The van der Waals surface area contributed by atoms with Crippen molar-refractivity contribution >= 4 is 9.84 Å². The maximum absolute atomic E-state index is 11.6. The highest BCUT2D eigenvalue weighted by Gasteiger charge is 2.16. The second-order valence-electron chi connectivity index (χ2n) is 4.84. The molecule has 2 unspecified atom stereocenters. The van der Waals surface area contributed by atoms with Crippen LogP contribution in [0.15, 0.2) is 24.3 Å². The molecule has 0 spiro atoms. The number of rotatable bonds is 6. The van der Waals surface area contributed by atoms with E-state index >= 15 is 0 Å². The van der Waals surface area contributed by atoms with E-state index in [1.165, 1.54) is 11.1 Å². The Balaban J connectivity index is 2.66. The van der Waals surface area contributed by atoms with Crippen LogP contribution in [-0.4, -0.2) is 26.0 Å². The third-order valence-electron chi connectivity index (χ3n) is 3.13. The SMILES string of the molecule is CCS(=O)(=O)CC(C)NC(C)c1ccccc1C. The normalized spacial score (nSPS) is 15.3. The van der Waals surface area contributed by atoms with E-state index in [4.69, 9.17) is 0 Å². The zero-order valence-electron chi connectivity index (χ0n) is 11.6. The lowest BCUT2D eigenvalue weighted by atomic mass is 10.0. The first-order valence-corrected chi connectivity index (χ1v) is 8.20. The first-order valence-electron chi connectivity index (χ1n) is 6.37. The summed E-state index contributed by atoms with van der Waals surface area (Å²) in [6.45, 7) is 7.74. The Hall–Kier alpha value is -0.870. The summed E-state index contributed by atoms with van der Waals surface area (Å²) in [6, 6.07) is 8.29. The molecule has 1 rings (SSSR count). The lowest BCUT2D eigenvalue weighted by Crippen LogP contribution is -2.35. The molecule has 0 bridgehead atoms. The van der Waals surface area contributed by atoms with Gasteiger partial charge in [-0.2, -0.15) is 0 Å². The Morgan fingerprint density at radius 2 is 1.83 bits per heavy atom. The molecule has 1 aromatic rings. The second-order valence-corrected chi connectivity index (χ2v) is 7.24. The number of hydrogen-bond acceptors (Lipinski definition) is 3. The molecule has 0 heterocycles. The quantitative estimate of drug-likeness (QED) is 0.863. The van der Waals surface area contributed by atoms with Gasteiger partial charge in [0.15, 0.2) is 9.84 Å². The van der Waals surface area contributed by atoms with E-state index in [1.54, 1.807) is 6.92 Å². The van der Waals surface area contributed by atoms with Gasteiger partial charge in [-0.3, -0.25) is 0 Å². The molecule has 102 valence electrons. The number of nitrogens with one attached hydrogen (secondary N) is 1. The van der Waals surface area contributed by atoms with Gasteiger partial charge in [0.05, 0.1) is 5.75 Å². The van der Waals surface area contributed by atoms with Crippen molar-refractivity contribution in [1.82, 2.24) is 5.32 Å². The highest BCUT2D eigenvalue weighted by Crippen LogP contribution is 2.17. The third kappa shape index (κ3) is 4.42. The number of sulfone groups is 1. The van der Waals surface area contributed by atoms with E-state index in [1.807, 2.05) is 19.1 Å². The molecular formula is C14H23NO2S. The van der Waals surface area contributed by atoms with Crippen LogP contribution in [0.3, 0.4) is 0 Å². The minimum absolute atomic E-state index is 0.0374. The molecule has 0 fully saturated rings. The van der Waals surface area contributed by atoms with Crippen LogP contribution in [0, 0.1) is 6.92 Å². The summed E-state index contributed by atoms with van der Waals surface area (Å²) in [4.78, 5) is 0. The van der Waals surface area contributed by atoms with Crippen molar-refractivity contribution in [3.63, 3.8) is 0 Å². The van der Waals surface area contributed by atoms with Crippen molar-refractivity contribution in [3.05, 3.63) is 35.4 Å². The summed E-state index contributed by atoms with van der Waals surface area (Å²) >= 11 is 0. The van der Waals surface area contributed by atoms with Gasteiger partial charge in [-0.1, -0.05) is 31.2 Å². The Bertz CT molecular complexity index is 482. The summed E-state index contributed by atoms with van der Waals surface area (Å²) < 4.78 is 23.1. The lowest BCUT2D eigenvalue weighted by molar-refractivity contribution is 0.498. The van der Waals surface area contributed by atoms with Crippen molar-refractivity contribution in [2.24, 2.45) is 0 Å². The average Bonchev–Trinajstić information content (AvgIpc) is 2.28. The van der Waals surface area contributed by atoms with Gasteiger partial charge in [0.1, 0.15) is 0 Å². The first kappa shape index (κ1) is 15.2. The zero-order valence-corrected chi connectivity index (χ0v) is 12.4. The van der Waals surface area contributed by atoms with Gasteiger partial charge in [-0.05, 0) is 31.9 Å². The molecule has 1 aromatic carbocycles. The summed E-state index contributed by atoms with van der Waals surface area (Å²) in [5, 5.41) is 3.35. The van der Waals surface area contributed by atoms with Crippen LogP contribution in [-0.2, 0) is 9.84 Å². The summed E-state index contributed by atoms with van der Waals surface area (Å²) in [6.07, 6.45) is 0. The van der Waals surface area contributed by atoms with Gasteiger partial charge in [0.2, 0.25) is 0 Å². The monoisotopic (exact) mass is 269 g/mol. The standard InChI is InChI=1S/C14H23NO2S/c1-5-18(16,17)10-12(3)15-13(4)14-9-7-6-8-11(14)2/h6-9,12-13,15H,5,10H2,1-4H3. The molecule has 2 atom stereocenters. The van der Waals surface area contributed by atoms with Gasteiger partial charge < -0.3 is 5.32 Å². The van der Waals surface area contributed by atoms with E-state index < -0.39 is 9.84 Å². The van der Waals surface area contributed by atoms with Crippen LogP contribution in [0.1, 0.15) is 37.9 Å². The fraction of sp³-hybridized carbons (Fsp3) is 0.571. The topological polar surface area (TPSA) is 46.2 Å². The van der Waals surface area contributed by atoms with Crippen LogP contribution in [0.2, 0.25) is 0 Å². The highest BCUT2D eigenvalue weighted by molar-refractivity contribution is 7.91. The zero-order chi connectivity index (χ0) is 13.8. The Morgan fingerprint density at radius 3 is 2.39 bits per heavy atom. The Morgan fingerprint density at radius 1 is 1.22 bits per heavy atom. The minimum atomic E-state index is -2.92. The maximum atomic E-state index is 11.6. The molecule has 1 N–H and O–H groups in total. The Kier molecular flexibility index (Phi) is 5.35. The van der Waals surface area contributed by atoms with E-state index in [-0.39, 0.29) is 23.6 Å². The van der Waals surface area contributed by atoms with Crippen molar-refractivity contribution in [3.8, 4) is 0 Å². The number of hydrogen-bond donors (Lipinski definition) is 1. The summed E-state index contributed by atoms with van der Waals surface area (Å²) in [7, 11) is -2.92. The molecule has 0 amide bonds. The van der Waals surface area contributed by atoms with Crippen LogP contribution in [0.5, 0.6) is 0 Å². The molecule has 0 aliphatic carbocycles. The van der Waals surface area contributed by atoms with E-state index in [2.05, 4.69) is 31.3 Å². The van der Waals surface area contributed by atoms with E-state index in [0.717, 1.165) is 0 Å². The highest BCUT2D eigenvalue weighted by atomic mass is 32.2. The Labute approximate surface area is 111 Å². The van der Waals surface area contributed by atoms with Crippen molar-refractivity contribution in [1.29, 1.82) is 0 Å². The number of aryl methyl sites for hydroxylation is 1. The van der Waals surface area contributed by atoms with Crippen molar-refractivity contribution in [2.45, 2.75) is 39.8 Å². The third-order valence-corrected chi connectivity index (χ3v) is 5.02. The fourth-order valence-corrected chi connectivity index (χ4v) is 3.23. The molecule has 3 nitrogen and oxygen atoms in total. The van der Waals surface area contributed by atoms with Crippen LogP contribution in [0.4, 0.5) is 0 Å². The molecule has 0 aliphatic rings. The molecule has 0 saturated carbocycles. The first-order chi connectivity index (χ1) is 8.35. The smallest absolute Gasteiger partial charge is 0.151 e. The lowest BCUT2D eigenvalue weighted by Gasteiger charge is -2.21. The molecule has 0 aromatic heterocycles. The van der Waals surface area contributed by atoms with Gasteiger partial charge in [0.25, 0.3) is 0 Å². The minimum Gasteiger partial charge on any atom is -0.307 e. The molecule has 0 radical (unpaired) electrons. The van der Waals surface area contributed by atoms with Gasteiger partial charge >= 0.3 is 0 Å². The van der Waals surface area contributed by atoms with Crippen LogP contribution < -0.4 is 5.32 Å². The molecule has 0 saturated heterocycles. The number of benzene rings is 1. The van der Waals surface area contributed by atoms with E-state index in [0.29, 0.717) is 0 Å². The second kappa shape index (κ2) is 6.34. The van der Waals surface area contributed by atoms with E-state index in [9.17, 15) is 8.42 Å². The molecule has 0 aliphatic heterocycles. The van der Waals surface area contributed by atoms with Crippen LogP contribution in [0.25, 0.3) is 0 Å². The largest absolute Gasteiger partial charge is 0.307 e. The summed E-state index contributed by atoms with van der Waals surface area (Å²) in [5.74, 6) is 0.400. The molecular weight excluding hydrogens is 246 g/mol. The van der Waals surface area contributed by atoms with Crippen LogP contribution >= 0.6 is 0 Å².